The van der Waals surface area contributed by atoms with Crippen molar-refractivity contribution in [2.45, 2.75) is 172 Å². The van der Waals surface area contributed by atoms with Crippen molar-refractivity contribution in [3.63, 3.8) is 0 Å². The van der Waals surface area contributed by atoms with Crippen LogP contribution in [0.3, 0.4) is 0 Å². The minimum absolute atomic E-state index is 0.0105. The van der Waals surface area contributed by atoms with Crippen molar-refractivity contribution < 1.29 is 78.3 Å². The number of anilines is 3. The van der Waals surface area contributed by atoms with Crippen LogP contribution in [0.15, 0.2) is 108 Å². The molecule has 33 nitrogen and oxygen atoms in total. The highest BCUT2D eigenvalue weighted by atomic mass is 127. The third kappa shape index (κ3) is 28.0. The maximum Gasteiger partial charge on any atom is 0.351 e. The fraction of sp³-hybridized carbons (Fsp3) is 0.434. The molecule has 40 heteroatoms. The van der Waals surface area contributed by atoms with Crippen LogP contribution in [-0.2, 0) is 37.3 Å². The Morgan fingerprint density at radius 2 is 1.34 bits per heavy atom. The van der Waals surface area contributed by atoms with E-state index in [-0.39, 0.29) is 130 Å². The molecule has 13 N–H and O–H groups in total. The minimum atomic E-state index is -1.58. The van der Waals surface area contributed by atoms with E-state index in [9.17, 15) is 44.1 Å². The molecule has 4 aromatic heterocycles. The van der Waals surface area contributed by atoms with Gasteiger partial charge in [0.25, 0.3) is 19.6 Å². The van der Waals surface area contributed by atoms with Crippen LogP contribution in [0, 0.1) is 98.8 Å². The number of hydrogen-bond acceptors (Lipinski definition) is 28. The summed E-state index contributed by atoms with van der Waals surface area (Å²) < 4.78 is 66.0. The van der Waals surface area contributed by atoms with Crippen molar-refractivity contribution >= 4 is 121 Å². The molecule has 5 aliphatic heterocycles. The van der Waals surface area contributed by atoms with E-state index in [1.54, 1.807) is 54.6 Å². The van der Waals surface area contributed by atoms with E-state index in [0.29, 0.717) is 37.7 Å². The predicted octanol–water partition coefficient (Wildman–Crippen LogP) is 6.32. The molecule has 0 spiro atoms. The summed E-state index contributed by atoms with van der Waals surface area (Å²) in [6.07, 6.45) is 15.6. The first-order valence-corrected chi connectivity index (χ1v) is 44.2. The number of nitriles is 1. The van der Waals surface area contributed by atoms with E-state index < -0.39 is 126 Å². The average molecular weight is 1830 g/mol. The van der Waals surface area contributed by atoms with Gasteiger partial charge in [0.2, 0.25) is 7.34 Å². The Morgan fingerprint density at radius 3 is 1.89 bits per heavy atom. The lowest BCUT2D eigenvalue weighted by Gasteiger charge is -2.37. The smallest absolute Gasteiger partial charge is 0.351 e. The number of amides is 2. The molecule has 2 aromatic carbocycles. The first kappa shape index (κ1) is 93.3. The Hall–Kier alpha value is -8.17. The SMILES string of the molecule is C#CCC#CC1=CC([C@H]2C[C@@H](O)[C@@H](COP(P)P)O2)C(=O)NC1=N.C#CCC#Cc1cn([C@H]2C[C@@H](O)[C@@H](CO)O2)c(=O)nc1N.Nc1nc(=O)n([C@H]2C[C@@H](O)[C@@H](CO)O2)cc1I.O=c1c2ccccc2op1Cl.[2H]C[C@H]1O[C@@H](n2cc(C#CCC#C)c(NC(=O)c3ccccc3)nc2=O)C[C@H]1OP(OCCC#N)N(C(C)C)C(C)C.[3H]OC. The zero-order valence-electron chi connectivity index (χ0n) is 65.4. The van der Waals surface area contributed by atoms with Crippen molar-refractivity contribution in [2.24, 2.45) is 5.92 Å². The summed E-state index contributed by atoms with van der Waals surface area (Å²) >= 11 is 7.58. The third-order valence-electron chi connectivity index (χ3n) is 16.8. The Bertz CT molecular complexity index is 5080. The van der Waals surface area contributed by atoms with Crippen LogP contribution >= 0.6 is 74.9 Å². The molecule has 4 saturated heterocycles. The number of fused-ring (bicyclic) bond motifs is 1. The number of carbonyl (C=O) groups excluding carboxylic acids is 2. The topological polar surface area (TPSA) is 482 Å². The van der Waals surface area contributed by atoms with Crippen LogP contribution in [0.4, 0.5) is 17.5 Å². The van der Waals surface area contributed by atoms with Crippen LogP contribution in [0.1, 0.15) is 128 Å². The Morgan fingerprint density at radius 1 is 0.802 bits per heavy atom. The molecule has 9 heterocycles. The van der Waals surface area contributed by atoms with Crippen LogP contribution in [0.25, 0.3) is 11.0 Å². The van der Waals surface area contributed by atoms with Crippen molar-refractivity contribution in [2.75, 3.05) is 50.3 Å². The lowest BCUT2D eigenvalue weighted by Crippen LogP contribution is -2.44. The number of nitrogens with one attached hydrogen (secondary N) is 3. The van der Waals surface area contributed by atoms with Gasteiger partial charge in [-0.25, -0.2) is 19.1 Å². The highest BCUT2D eigenvalue weighted by molar-refractivity contribution is 14.1. The highest BCUT2D eigenvalue weighted by Gasteiger charge is 2.44. The number of aromatic nitrogens is 6. The summed E-state index contributed by atoms with van der Waals surface area (Å²) in [6.45, 7) is 7.90. The molecule has 0 bridgehead atoms. The molecule has 618 valence electrons. The maximum atomic E-state index is 13.2. The number of rotatable bonds is 19. The van der Waals surface area contributed by atoms with Crippen molar-refractivity contribution in [1.82, 2.24) is 38.6 Å². The van der Waals surface area contributed by atoms with Gasteiger partial charge in [0, 0.05) is 70.4 Å². The largest absolute Gasteiger partial charge is 0.430 e. The number of aliphatic hydroxyl groups excluding tert-OH is 6. The monoisotopic (exact) mass is 1820 g/mol. The lowest BCUT2D eigenvalue weighted by atomic mass is 9.92. The number of amidine groups is 1. The highest BCUT2D eigenvalue weighted by Crippen LogP contribution is 2.54. The Kier molecular flexibility index (Phi) is 39.1. The van der Waals surface area contributed by atoms with Gasteiger partial charge in [-0.1, -0.05) is 108 Å². The number of carbonyl (C=O) groups is 2. The van der Waals surface area contributed by atoms with Crippen molar-refractivity contribution in [1.29, 1.82) is 12.1 Å². The van der Waals surface area contributed by atoms with E-state index in [4.69, 9.17) is 102 Å². The molecule has 17 atom stereocenters. The third-order valence-corrected chi connectivity index (χ3v) is 22.7. The summed E-state index contributed by atoms with van der Waals surface area (Å²) in [4.78, 5) is 84.3. The summed E-state index contributed by atoms with van der Waals surface area (Å²) in [5.74, 6) is 22.7. The first-order valence-electron chi connectivity index (χ1n) is 36.4. The molecule has 2 amide bonds. The van der Waals surface area contributed by atoms with E-state index >= 15 is 0 Å². The number of ether oxygens (including phenoxy) is 4. The molecule has 0 saturated carbocycles. The van der Waals surface area contributed by atoms with Gasteiger partial charge in [-0.2, -0.15) is 20.2 Å². The number of nitrogens with zero attached hydrogens (tertiary/aromatic N) is 8. The second-order valence-electron chi connectivity index (χ2n) is 25.5. The molecule has 4 fully saturated rings. The summed E-state index contributed by atoms with van der Waals surface area (Å²) in [7, 11) is 2.66. The second kappa shape index (κ2) is 48.6. The molecule has 5 unspecified atom stereocenters. The van der Waals surface area contributed by atoms with Crippen LogP contribution in [0.2, 0.25) is 0 Å². The molecule has 116 heavy (non-hydrogen) atoms. The average Bonchev–Trinajstić information content (AvgIpc) is 1.56. The van der Waals surface area contributed by atoms with Gasteiger partial charge in [-0.3, -0.25) is 33.5 Å². The maximum absolute atomic E-state index is 13.2. The Balaban J connectivity index is 0.000000242. The molecular formula is C76H90ClIN13O20P5. The number of halogens is 2. The van der Waals surface area contributed by atoms with Gasteiger partial charge in [-0.15, -0.1) is 19.3 Å². The van der Waals surface area contributed by atoms with Crippen LogP contribution in [-0.4, -0.2) is 184 Å². The zero-order valence-corrected chi connectivity index (χ0v) is 71.3. The summed E-state index contributed by atoms with van der Waals surface area (Å²) in [5.41, 5.74) is 11.4. The van der Waals surface area contributed by atoms with Crippen LogP contribution in [0.5, 0.6) is 0 Å². The molecule has 11 rings (SSSR count). The summed E-state index contributed by atoms with van der Waals surface area (Å²) in [5, 5.41) is 73.4. The quantitative estimate of drug-likeness (QED) is 0.0183. The molecular weight excluding hydrogens is 1730 g/mol. The molecule has 5 aliphatic rings. The number of nitrogens with two attached hydrogens (primary N) is 2. The number of hydrogen-bond donors (Lipinski definition) is 11. The van der Waals surface area contributed by atoms with Gasteiger partial charge in [0.05, 0.1) is 134 Å². The number of para-hydroxylation sites is 1. The predicted molar refractivity (Wildman–Crippen MR) is 454 cm³/mol. The van der Waals surface area contributed by atoms with E-state index in [2.05, 4.69) is 113 Å². The first-order chi connectivity index (χ1) is 56.4. The van der Waals surface area contributed by atoms with Gasteiger partial charge in [0.15, 0.2) is 12.9 Å². The van der Waals surface area contributed by atoms with Gasteiger partial charge >= 0.3 is 17.1 Å². The normalized spacial score (nSPS) is 22.8. The number of aliphatic hydroxyl groups is 6. The molecule has 0 radical (unpaired) electrons. The standard InChI is InChI=1S/C30H36N5O5P.C15H19N2O4P3.C14H15N3O4.C9H12IN3O4.C7H4ClO2P.CH4O/c1-7-8-10-16-25-20-34(30(37)33-28(25)32-29(36)24-14-11-9-12-15-24)27-19-26(23(6)39-27)40-41(38-18-13-17-31)35(21(2)3)22(4)5;1-2-3-4-5-9-6-10(15(19)17-14(9)16)12-7-11(18)13(21-12)8-20-24(22)23;1-2-3-4-5-9-7-17(14(20)16-13(9)15)12-6-10(19)11(8-18)21-12;10-4-2-13(9(16)12-8(4)11)7-1-5(15)6(3-14)17-7;8-11-7(9)5-3-1-2-4-6(5)10-11;1-2/h1,9,11-12,14-15,20-23,26-27H,8,13,18-19H2,2-6H3,(H,32,33,36,37);1,6,10-13,18H,3,7-8,22-23H2,(H2,16,17,19);1,7,10-12,18-19H,3,6,8H2,(H2,15,16,20);2,5-7,14-15H,1,3H2,(H2,11,12,16);1-4H;2H,1H3/t23-,26-,27-,41?;10?,11-,12-,13-;10-,11-,12-;5-,6-,7-;;/m1111../s1/i6D;;;;;2T. The van der Waals surface area contributed by atoms with Gasteiger partial charge in [-0.05, 0) is 92.7 Å². The summed E-state index contributed by atoms with van der Waals surface area (Å²) in [6, 6.07) is 17.9. The number of terminal acetylenes is 3. The van der Waals surface area contributed by atoms with E-state index in [1.165, 1.54) is 39.4 Å². The minimum Gasteiger partial charge on any atom is -0.430 e. The van der Waals surface area contributed by atoms with E-state index in [1.807, 2.05) is 56.4 Å². The van der Waals surface area contributed by atoms with E-state index in [0.717, 1.165) is 0 Å². The van der Waals surface area contributed by atoms with Crippen LogP contribution < -0.4 is 44.3 Å². The number of nitrogen functional groups attached to an aromatic ring is 2. The van der Waals surface area contributed by atoms with Gasteiger partial charge < -0.3 is 89.5 Å². The lowest BCUT2D eigenvalue weighted by molar-refractivity contribution is -0.127. The van der Waals surface area contributed by atoms with Gasteiger partial charge in [0.1, 0.15) is 60.0 Å². The Labute approximate surface area is 698 Å². The van der Waals surface area contributed by atoms with Crippen molar-refractivity contribution in [3.8, 4) is 78.6 Å². The molecule has 6 aromatic rings. The fourth-order valence-corrected chi connectivity index (χ4v) is 15.7. The fourth-order valence-electron chi connectivity index (χ4n) is 11.4. The van der Waals surface area contributed by atoms with Crippen molar-refractivity contribution in [3.05, 3.63) is 147 Å². The number of benzene rings is 2. The second-order valence-corrected chi connectivity index (χ2v) is 35.9. The zero-order chi connectivity index (χ0) is 86.9. The molecule has 0 aliphatic carbocycles.